The fourth-order valence-electron chi connectivity index (χ4n) is 3.93. The second kappa shape index (κ2) is 8.75. The van der Waals surface area contributed by atoms with Crippen LogP contribution < -0.4 is 0 Å². The fourth-order valence-corrected chi connectivity index (χ4v) is 6.69. The molecule has 1 saturated heterocycles. The summed E-state index contributed by atoms with van der Waals surface area (Å²) in [6, 6.07) is 4.97. The number of benzene rings is 1. The van der Waals surface area contributed by atoms with Gasteiger partial charge in [0.2, 0.25) is 0 Å². The number of piperidine rings is 1. The summed E-state index contributed by atoms with van der Waals surface area (Å²) in [6.07, 6.45) is 4.14. The summed E-state index contributed by atoms with van der Waals surface area (Å²) < 4.78 is 0.579. The monoisotopic (exact) mass is 389 g/mol. The van der Waals surface area contributed by atoms with Gasteiger partial charge in [0.25, 0.3) is 0 Å². The van der Waals surface area contributed by atoms with Crippen molar-refractivity contribution in [3.8, 4) is 0 Å². The van der Waals surface area contributed by atoms with E-state index in [2.05, 4.69) is 75.7 Å². The molecule has 0 amide bonds. The third-order valence-electron chi connectivity index (χ3n) is 5.59. The minimum absolute atomic E-state index is 0.557. The standard InChI is InChI=1S/C23H35NS2/c1-15(2)18-12-19(16(3)4)22(20(13-18)17(5)6)21-14-25-23(26-21)24-10-8-7-9-11-24/h12-17,23H,7-11H2,1-6H3. The minimum atomic E-state index is 0.557. The summed E-state index contributed by atoms with van der Waals surface area (Å²) in [5.74, 6) is 1.70. The maximum absolute atomic E-state index is 2.69. The molecule has 2 aliphatic heterocycles. The predicted molar refractivity (Wildman–Crippen MR) is 121 cm³/mol. The molecule has 0 spiro atoms. The summed E-state index contributed by atoms with van der Waals surface area (Å²) in [4.78, 5) is 4.20. The molecule has 1 aromatic carbocycles. The molecule has 2 heterocycles. The predicted octanol–water partition coefficient (Wildman–Crippen LogP) is 7.60. The van der Waals surface area contributed by atoms with Gasteiger partial charge in [-0.3, -0.25) is 4.90 Å². The first-order valence-electron chi connectivity index (χ1n) is 10.3. The number of hydrogen-bond donors (Lipinski definition) is 0. The lowest BCUT2D eigenvalue weighted by Gasteiger charge is -2.31. The average Bonchev–Trinajstić information content (AvgIpc) is 3.10. The summed E-state index contributed by atoms with van der Waals surface area (Å²) in [5.41, 5.74) is 6.11. The zero-order valence-electron chi connectivity index (χ0n) is 17.3. The van der Waals surface area contributed by atoms with Gasteiger partial charge in [-0.25, -0.2) is 0 Å². The Morgan fingerprint density at radius 1 is 0.846 bits per heavy atom. The van der Waals surface area contributed by atoms with Gasteiger partial charge < -0.3 is 0 Å². The lowest BCUT2D eigenvalue weighted by atomic mass is 9.84. The lowest BCUT2D eigenvalue weighted by Crippen LogP contribution is -2.34. The Labute approximate surface area is 169 Å². The Kier molecular flexibility index (Phi) is 6.85. The van der Waals surface area contributed by atoms with Gasteiger partial charge in [0, 0.05) is 4.91 Å². The first-order valence-corrected chi connectivity index (χ1v) is 12.1. The molecule has 144 valence electrons. The van der Waals surface area contributed by atoms with E-state index in [-0.39, 0.29) is 0 Å². The first kappa shape index (κ1) is 20.4. The van der Waals surface area contributed by atoms with Crippen LogP contribution in [0.3, 0.4) is 0 Å². The van der Waals surface area contributed by atoms with E-state index >= 15 is 0 Å². The average molecular weight is 390 g/mol. The van der Waals surface area contributed by atoms with E-state index in [1.165, 1.54) is 48.4 Å². The summed E-state index contributed by atoms with van der Waals surface area (Å²) in [7, 11) is 0. The van der Waals surface area contributed by atoms with Crippen molar-refractivity contribution in [2.75, 3.05) is 13.1 Å². The van der Waals surface area contributed by atoms with Gasteiger partial charge in [-0.05, 0) is 71.3 Å². The van der Waals surface area contributed by atoms with Gasteiger partial charge in [0.1, 0.15) is 4.71 Å². The molecule has 1 unspecified atom stereocenters. The van der Waals surface area contributed by atoms with Crippen LogP contribution in [-0.2, 0) is 0 Å². The topological polar surface area (TPSA) is 3.24 Å². The lowest BCUT2D eigenvalue weighted by molar-refractivity contribution is 0.253. The fraction of sp³-hybridized carbons (Fsp3) is 0.652. The summed E-state index contributed by atoms with van der Waals surface area (Å²) in [6.45, 7) is 16.6. The number of hydrogen-bond acceptors (Lipinski definition) is 3. The maximum Gasteiger partial charge on any atom is 0.111 e. The van der Waals surface area contributed by atoms with Crippen molar-refractivity contribution in [3.05, 3.63) is 39.8 Å². The van der Waals surface area contributed by atoms with E-state index in [9.17, 15) is 0 Å². The highest BCUT2D eigenvalue weighted by Crippen LogP contribution is 2.50. The Balaban J connectivity index is 1.95. The summed E-state index contributed by atoms with van der Waals surface area (Å²) in [5, 5.41) is 2.45. The number of thioether (sulfide) groups is 2. The molecule has 1 aromatic rings. The largest absolute Gasteiger partial charge is 0.283 e. The van der Waals surface area contributed by atoms with E-state index in [1.807, 2.05) is 11.8 Å². The van der Waals surface area contributed by atoms with Crippen molar-refractivity contribution in [2.45, 2.75) is 83.3 Å². The molecule has 2 aliphatic rings. The zero-order chi connectivity index (χ0) is 18.8. The van der Waals surface area contributed by atoms with Gasteiger partial charge >= 0.3 is 0 Å². The molecule has 1 nitrogen and oxygen atoms in total. The second-order valence-electron chi connectivity index (χ2n) is 8.68. The molecule has 0 aromatic heterocycles. The van der Waals surface area contributed by atoms with Crippen LogP contribution in [0, 0.1) is 0 Å². The SMILES string of the molecule is CC(C)c1cc(C(C)C)c(C2=CSC(N3CCCCC3)S2)c(C(C)C)c1. The molecule has 0 N–H and O–H groups in total. The van der Waals surface area contributed by atoms with Crippen LogP contribution in [0.25, 0.3) is 4.91 Å². The maximum atomic E-state index is 2.69. The number of likely N-dealkylation sites (tertiary alicyclic amines) is 1. The second-order valence-corrected chi connectivity index (χ2v) is 11.1. The molecule has 0 radical (unpaired) electrons. The molecule has 3 heteroatoms. The molecule has 26 heavy (non-hydrogen) atoms. The van der Waals surface area contributed by atoms with Crippen LogP contribution in [0.1, 0.15) is 101 Å². The highest BCUT2D eigenvalue weighted by atomic mass is 32.2. The van der Waals surface area contributed by atoms with E-state index in [0.717, 1.165) is 0 Å². The van der Waals surface area contributed by atoms with Crippen molar-refractivity contribution in [1.82, 2.24) is 4.90 Å². The van der Waals surface area contributed by atoms with E-state index in [4.69, 9.17) is 0 Å². The van der Waals surface area contributed by atoms with E-state index in [0.29, 0.717) is 22.5 Å². The normalized spacial score (nSPS) is 21.9. The molecule has 1 fully saturated rings. The van der Waals surface area contributed by atoms with Gasteiger partial charge in [0.05, 0.1) is 0 Å². The Morgan fingerprint density at radius 2 is 1.42 bits per heavy atom. The first-order chi connectivity index (χ1) is 12.4. The molecular weight excluding hydrogens is 354 g/mol. The van der Waals surface area contributed by atoms with Crippen molar-refractivity contribution < 1.29 is 0 Å². The highest BCUT2D eigenvalue weighted by molar-refractivity contribution is 8.26. The minimum Gasteiger partial charge on any atom is -0.283 e. The van der Waals surface area contributed by atoms with Crippen LogP contribution in [0.2, 0.25) is 0 Å². The van der Waals surface area contributed by atoms with Gasteiger partial charge in [-0.1, -0.05) is 71.9 Å². The molecule has 3 rings (SSSR count). The Morgan fingerprint density at radius 3 is 1.92 bits per heavy atom. The van der Waals surface area contributed by atoms with Crippen LogP contribution in [0.5, 0.6) is 0 Å². The molecular formula is C23H35NS2. The van der Waals surface area contributed by atoms with Crippen LogP contribution in [-0.4, -0.2) is 22.7 Å². The van der Waals surface area contributed by atoms with E-state index in [1.54, 1.807) is 11.1 Å². The van der Waals surface area contributed by atoms with Gasteiger partial charge in [0.15, 0.2) is 0 Å². The Hall–Kier alpha value is -0.380. The quantitative estimate of drug-likeness (QED) is 0.510. The third kappa shape index (κ3) is 4.36. The van der Waals surface area contributed by atoms with Crippen LogP contribution in [0.4, 0.5) is 0 Å². The Bertz CT molecular complexity index is 625. The molecule has 1 atom stereocenters. The van der Waals surface area contributed by atoms with Gasteiger partial charge in [-0.2, -0.15) is 0 Å². The van der Waals surface area contributed by atoms with E-state index < -0.39 is 0 Å². The van der Waals surface area contributed by atoms with Crippen molar-refractivity contribution >= 4 is 28.4 Å². The third-order valence-corrected chi connectivity index (χ3v) is 8.34. The molecule has 0 aliphatic carbocycles. The van der Waals surface area contributed by atoms with Crippen molar-refractivity contribution in [1.29, 1.82) is 0 Å². The zero-order valence-corrected chi connectivity index (χ0v) is 19.0. The number of nitrogens with zero attached hydrogens (tertiary/aromatic N) is 1. The van der Waals surface area contributed by atoms with Crippen LogP contribution >= 0.6 is 23.5 Å². The van der Waals surface area contributed by atoms with Crippen molar-refractivity contribution in [3.63, 3.8) is 0 Å². The summed E-state index contributed by atoms with van der Waals surface area (Å²) >= 11 is 4.13. The smallest absolute Gasteiger partial charge is 0.111 e. The number of rotatable bonds is 5. The van der Waals surface area contributed by atoms with Crippen molar-refractivity contribution in [2.24, 2.45) is 0 Å². The molecule has 0 saturated carbocycles. The van der Waals surface area contributed by atoms with Gasteiger partial charge in [-0.15, -0.1) is 11.8 Å². The molecule has 0 bridgehead atoms. The highest BCUT2D eigenvalue weighted by Gasteiger charge is 2.30. The van der Waals surface area contributed by atoms with Crippen LogP contribution in [0.15, 0.2) is 17.5 Å².